The average molecular weight is 837 g/mol. The first kappa shape index (κ1) is 42.1. The monoisotopic (exact) mass is 836 g/mol. The summed E-state index contributed by atoms with van der Waals surface area (Å²) in [6.45, 7) is -5.95. The van der Waals surface area contributed by atoms with Gasteiger partial charge in [-0.25, -0.2) is 0 Å². The summed E-state index contributed by atoms with van der Waals surface area (Å²) in [5.74, 6) is 4.22. The molecule has 0 aliphatic carbocycles. The molecule has 0 atom stereocenters. The summed E-state index contributed by atoms with van der Waals surface area (Å²) in [4.78, 5) is 2.02. The predicted molar refractivity (Wildman–Crippen MR) is 207 cm³/mol. The quantitative estimate of drug-likeness (QED) is 0.0782. The van der Waals surface area contributed by atoms with Crippen molar-refractivity contribution in [2.24, 2.45) is 0 Å². The lowest BCUT2D eigenvalue weighted by Gasteiger charge is -2.19. The van der Waals surface area contributed by atoms with Crippen molar-refractivity contribution in [1.29, 1.82) is 0 Å². The predicted octanol–water partition coefficient (Wildman–Crippen LogP) is 13.8. The van der Waals surface area contributed by atoms with Gasteiger partial charge in [0, 0.05) is 0 Å². The van der Waals surface area contributed by atoms with Gasteiger partial charge < -0.3 is 27.2 Å². The van der Waals surface area contributed by atoms with E-state index in [1.807, 2.05) is 164 Å². The van der Waals surface area contributed by atoms with Gasteiger partial charge >= 0.3 is 19.3 Å². The summed E-state index contributed by atoms with van der Waals surface area (Å²) in [6.07, 6.45) is -10.6. The molecular formula is C44H30BF9O4S. The molecule has 0 aromatic heterocycles. The van der Waals surface area contributed by atoms with Crippen LogP contribution in [0.1, 0.15) is 11.1 Å². The van der Waals surface area contributed by atoms with Gasteiger partial charge in [0.2, 0.25) is 0 Å². The van der Waals surface area contributed by atoms with Gasteiger partial charge in [0.15, 0.2) is 24.6 Å². The zero-order valence-electron chi connectivity index (χ0n) is 30.3. The van der Waals surface area contributed by atoms with E-state index in [1.54, 1.807) is 0 Å². The first-order chi connectivity index (χ1) is 28.0. The van der Waals surface area contributed by atoms with Crippen LogP contribution in [0.25, 0.3) is 0 Å². The largest absolute Gasteiger partial charge is 0.509 e. The Morgan fingerprint density at radius 2 is 0.627 bits per heavy atom. The molecule has 7 aromatic carbocycles. The van der Waals surface area contributed by atoms with E-state index in [1.165, 1.54) is 0 Å². The molecule has 7 aromatic rings. The Labute approximate surface area is 333 Å². The van der Waals surface area contributed by atoms with Gasteiger partial charge in [-0.3, -0.25) is 0 Å². The molecule has 7 rings (SSSR count). The molecule has 0 amide bonds. The summed E-state index contributed by atoms with van der Waals surface area (Å²) in [5.41, 5.74) is -5.89. The van der Waals surface area contributed by atoms with Crippen LogP contribution in [0, 0.1) is 0 Å². The number of para-hydroxylation sites is 3. The third-order valence-electron chi connectivity index (χ3n) is 8.39. The Balaban J connectivity index is 0.000000274. The van der Waals surface area contributed by atoms with Gasteiger partial charge in [-0.1, -0.05) is 70.9 Å². The van der Waals surface area contributed by atoms with Crippen LogP contribution in [0.5, 0.6) is 34.5 Å². The van der Waals surface area contributed by atoms with E-state index in [9.17, 15) is 39.3 Å². The number of rotatable bonds is 10. The van der Waals surface area contributed by atoms with Crippen molar-refractivity contribution in [3.05, 3.63) is 193 Å². The second kappa shape index (κ2) is 17.6. The fourth-order valence-corrected chi connectivity index (χ4v) is 7.92. The van der Waals surface area contributed by atoms with Gasteiger partial charge in [0.25, 0.3) is 0 Å². The van der Waals surface area contributed by atoms with Crippen LogP contribution < -0.4 is 19.7 Å². The lowest BCUT2D eigenvalue weighted by molar-refractivity contribution is -0.143. The molecule has 0 unspecified atom stereocenters. The first-order valence-electron chi connectivity index (χ1n) is 17.5. The Morgan fingerprint density at radius 1 is 0.373 bits per heavy atom. The molecular weight excluding hydrogens is 806 g/mol. The molecule has 0 radical (unpaired) electrons. The zero-order valence-corrected chi connectivity index (χ0v) is 31.2. The Hall–Kier alpha value is -6.48. The summed E-state index contributed by atoms with van der Waals surface area (Å²) in [5, 5.41) is 0. The first-order valence-corrected chi connectivity index (χ1v) is 19.1. The topological polar surface area (TPSA) is 44.8 Å². The number of hydrogen-bond acceptors (Lipinski definition) is 4. The Bertz CT molecular complexity index is 2190. The molecule has 0 fully saturated rings. The van der Waals surface area contributed by atoms with Crippen molar-refractivity contribution in [1.82, 2.24) is 0 Å². The smallest absolute Gasteiger partial charge is 0.457 e. The third kappa shape index (κ3) is 10.9. The van der Waals surface area contributed by atoms with Crippen LogP contribution in [0.3, 0.4) is 0 Å². The molecule has 0 bridgehead atoms. The van der Waals surface area contributed by atoms with Crippen molar-refractivity contribution >= 4 is 22.4 Å². The van der Waals surface area contributed by atoms with Gasteiger partial charge in [-0.2, -0.15) is 26.3 Å². The maximum Gasteiger partial charge on any atom is 0.509 e. The van der Waals surface area contributed by atoms with Crippen LogP contribution in [-0.2, 0) is 26.5 Å². The third-order valence-corrected chi connectivity index (χ3v) is 11.2. The summed E-state index contributed by atoms with van der Waals surface area (Å²) in [7, 11) is -2.86. The average Bonchev–Trinajstić information content (AvgIpc) is 3.22. The molecule has 4 nitrogen and oxygen atoms in total. The van der Waals surface area contributed by atoms with Crippen molar-refractivity contribution in [3.63, 3.8) is 0 Å². The second-order valence-corrected chi connectivity index (χ2v) is 15.2. The maximum atomic E-state index is 15.1. The van der Waals surface area contributed by atoms with E-state index in [0.717, 1.165) is 17.2 Å². The molecule has 0 saturated carbocycles. The molecule has 15 heteroatoms. The van der Waals surface area contributed by atoms with Crippen LogP contribution >= 0.6 is 0 Å². The highest BCUT2D eigenvalue weighted by atomic mass is 32.2. The standard InChI is InChI=1S/C36H27O4S.C8H3BF9/c37-41(34-22-16-31(17-23-34)38-28-10-4-1-5-11-28,35-24-18-32(19-25-35)39-29-12-6-2-7-13-29)36-26-20-33(21-27-36)40-30-14-8-3-9-15-30;10-7(11,12)4-1-5(8(13,14)15)3-6(2-4)9(16,17)18/h1-27H;1-3H/q+1;-1. The second-order valence-electron chi connectivity index (χ2n) is 12.6. The molecule has 0 heterocycles. The van der Waals surface area contributed by atoms with E-state index in [2.05, 4.69) is 0 Å². The number of hydrogen-bond donors (Lipinski definition) is 0. The summed E-state index contributed by atoms with van der Waals surface area (Å²) in [6, 6.07) is 50.0. The number of benzene rings is 7. The summed E-state index contributed by atoms with van der Waals surface area (Å²) < 4.78 is 143. The highest BCUT2D eigenvalue weighted by Gasteiger charge is 2.40. The van der Waals surface area contributed by atoms with Crippen LogP contribution in [-0.4, -0.2) is 6.98 Å². The molecule has 0 aliphatic rings. The normalized spacial score (nSPS) is 11.9. The lowest BCUT2D eigenvalue weighted by Crippen LogP contribution is -2.36. The van der Waals surface area contributed by atoms with Gasteiger partial charge in [-0.05, 0) is 115 Å². The van der Waals surface area contributed by atoms with Crippen molar-refractivity contribution < 1.29 is 57.7 Å². The fourth-order valence-electron chi connectivity index (χ4n) is 5.55. The zero-order chi connectivity index (χ0) is 42.3. The Morgan fingerprint density at radius 3 is 0.864 bits per heavy atom. The summed E-state index contributed by atoms with van der Waals surface area (Å²) >= 11 is 0. The van der Waals surface area contributed by atoms with Crippen molar-refractivity contribution in [2.45, 2.75) is 27.0 Å². The van der Waals surface area contributed by atoms with E-state index in [4.69, 9.17) is 14.2 Å². The van der Waals surface area contributed by atoms with E-state index < -0.39 is 45.9 Å². The van der Waals surface area contributed by atoms with Crippen LogP contribution in [0.2, 0.25) is 0 Å². The molecule has 302 valence electrons. The number of halogens is 9. The van der Waals surface area contributed by atoms with Crippen LogP contribution in [0.4, 0.5) is 39.3 Å². The molecule has 0 spiro atoms. The number of alkyl halides is 6. The SMILES string of the molecule is F[B-](F)(F)c1cc(C(F)(F)F)cc(C(F)(F)F)c1.O=[S+](c1ccc(Oc2ccccc2)cc1)(c1ccc(Oc2ccccc2)cc1)c1ccc(Oc2ccccc2)cc1. The highest BCUT2D eigenvalue weighted by Crippen LogP contribution is 2.40. The minimum atomic E-state index is -5.95. The van der Waals surface area contributed by atoms with Gasteiger partial charge in [-0.15, -0.1) is 5.46 Å². The maximum absolute atomic E-state index is 15.1. The van der Waals surface area contributed by atoms with Gasteiger partial charge in [0.05, 0.1) is 11.1 Å². The molecule has 0 aliphatic heterocycles. The van der Waals surface area contributed by atoms with Crippen molar-refractivity contribution in [2.75, 3.05) is 0 Å². The van der Waals surface area contributed by atoms with Crippen molar-refractivity contribution in [3.8, 4) is 34.5 Å². The fraction of sp³-hybridized carbons (Fsp3) is 0.0455. The van der Waals surface area contributed by atoms with Crippen LogP contribution in [0.15, 0.2) is 197 Å². The minimum Gasteiger partial charge on any atom is -0.457 e. The Kier molecular flexibility index (Phi) is 12.5. The van der Waals surface area contributed by atoms with E-state index in [0.29, 0.717) is 31.9 Å². The molecule has 0 saturated heterocycles. The minimum absolute atomic E-state index is 0.338. The molecule has 59 heavy (non-hydrogen) atoms. The number of ether oxygens (including phenoxy) is 3. The van der Waals surface area contributed by atoms with Gasteiger partial charge in [0.1, 0.15) is 34.5 Å². The highest BCUT2D eigenvalue weighted by molar-refractivity contribution is 8.03. The van der Waals surface area contributed by atoms with E-state index >= 15 is 4.21 Å². The van der Waals surface area contributed by atoms with E-state index in [-0.39, 0.29) is 18.2 Å². The lowest BCUT2D eigenvalue weighted by atomic mass is 9.78. The molecule has 0 N–H and O–H groups in total.